The monoisotopic (exact) mass is 529 g/mol. The molecule has 198 valence electrons. The van der Waals surface area contributed by atoms with Crippen LogP contribution in [0.1, 0.15) is 42.6 Å². The second-order valence-corrected chi connectivity index (χ2v) is 10.6. The summed E-state index contributed by atoms with van der Waals surface area (Å²) in [5.41, 5.74) is 1.67. The van der Waals surface area contributed by atoms with Crippen molar-refractivity contribution >= 4 is 38.4 Å². The number of sulfonamides is 1. The maximum atomic E-state index is 13.5. The average molecular weight is 530 g/mol. The van der Waals surface area contributed by atoms with Gasteiger partial charge in [-0.3, -0.25) is 9.10 Å². The predicted octanol–water partition coefficient (Wildman–Crippen LogP) is 5.16. The molecule has 0 unspecified atom stereocenters. The summed E-state index contributed by atoms with van der Waals surface area (Å²) in [6, 6.07) is 7.14. The predicted molar refractivity (Wildman–Crippen MR) is 145 cm³/mol. The number of nitrogens with one attached hydrogen (secondary N) is 1. The molecule has 0 saturated heterocycles. The van der Waals surface area contributed by atoms with Gasteiger partial charge in [-0.05, 0) is 49.2 Å². The number of carbonyl (C=O) groups is 1. The molecule has 37 heavy (non-hydrogen) atoms. The number of benzene rings is 1. The first-order valence-electron chi connectivity index (χ1n) is 11.8. The van der Waals surface area contributed by atoms with Gasteiger partial charge in [-0.15, -0.1) is 6.58 Å². The minimum Gasteiger partial charge on any atom is -0.437 e. The summed E-state index contributed by atoms with van der Waals surface area (Å²) in [6.45, 7) is 11.9. The fraction of sp³-hybridized carbons (Fsp3) is 0.333. The lowest BCUT2D eigenvalue weighted by atomic mass is 10.0. The molecule has 0 saturated carbocycles. The van der Waals surface area contributed by atoms with Gasteiger partial charge in [0.2, 0.25) is 15.7 Å². The molecule has 0 aliphatic rings. The lowest BCUT2D eigenvalue weighted by molar-refractivity contribution is 0.0891. The first-order valence-corrected chi connectivity index (χ1v) is 13.7. The molecule has 1 N–H and O–H groups in total. The van der Waals surface area contributed by atoms with E-state index in [2.05, 4.69) is 23.5 Å². The minimum atomic E-state index is -3.82. The molecular formula is C27H32FN3O5S. The second-order valence-electron chi connectivity index (χ2n) is 8.68. The molecule has 1 amide bonds. The van der Waals surface area contributed by atoms with E-state index < -0.39 is 27.9 Å². The first-order chi connectivity index (χ1) is 17.5. The smallest absolute Gasteiger partial charge is 0.255 e. The Morgan fingerprint density at radius 2 is 2.00 bits per heavy atom. The highest BCUT2D eigenvalue weighted by molar-refractivity contribution is 7.92. The van der Waals surface area contributed by atoms with Crippen LogP contribution in [0.15, 0.2) is 54.0 Å². The summed E-state index contributed by atoms with van der Waals surface area (Å²) >= 11 is 0. The lowest BCUT2D eigenvalue weighted by Gasteiger charge is -2.27. The average Bonchev–Trinajstić information content (AvgIpc) is 3.23. The van der Waals surface area contributed by atoms with Gasteiger partial charge in [0.1, 0.15) is 11.6 Å². The van der Waals surface area contributed by atoms with E-state index in [4.69, 9.17) is 9.15 Å². The molecule has 2 heterocycles. The van der Waals surface area contributed by atoms with Crippen LogP contribution >= 0.6 is 0 Å². The van der Waals surface area contributed by atoms with E-state index >= 15 is 0 Å². The molecule has 0 aliphatic heterocycles. The first kappa shape index (κ1) is 28.1. The standard InChI is InChI=1S/C27H32FN3O5S/c1-7-9-14-35-20(8-2)16-31(37(6,33)34)25-21(17(3)4)15-22-23(26(32)29-5)24(36-27(22)30-25)18-10-12-19(28)13-11-18/h8,10-13,15,20H,2-3,7,9,14,16H2,1,4-6H3,(H,29,32)/t20-/m0/s1. The number of hydrogen-bond donors (Lipinski definition) is 1. The Labute approximate surface area is 216 Å². The molecule has 2 aromatic heterocycles. The van der Waals surface area contributed by atoms with Crippen molar-refractivity contribution in [2.45, 2.75) is 32.8 Å². The molecule has 3 aromatic rings. The van der Waals surface area contributed by atoms with Crippen LogP contribution in [-0.4, -0.2) is 51.9 Å². The van der Waals surface area contributed by atoms with Crippen LogP contribution in [0.2, 0.25) is 0 Å². The summed E-state index contributed by atoms with van der Waals surface area (Å²) in [5, 5.41) is 2.96. The number of aromatic nitrogens is 1. The zero-order chi connectivity index (χ0) is 27.3. The van der Waals surface area contributed by atoms with Gasteiger partial charge in [0.05, 0.1) is 29.9 Å². The third-order valence-electron chi connectivity index (χ3n) is 5.76. The number of nitrogens with zero attached hydrogens (tertiary/aromatic N) is 2. The maximum absolute atomic E-state index is 13.5. The van der Waals surface area contributed by atoms with Crippen molar-refractivity contribution in [3.8, 4) is 11.3 Å². The van der Waals surface area contributed by atoms with E-state index in [1.165, 1.54) is 31.3 Å². The Hall–Kier alpha value is -3.50. The van der Waals surface area contributed by atoms with Crippen LogP contribution in [-0.2, 0) is 14.8 Å². The highest BCUT2D eigenvalue weighted by atomic mass is 32.2. The van der Waals surface area contributed by atoms with E-state index in [0.29, 0.717) is 28.7 Å². The van der Waals surface area contributed by atoms with Crippen LogP contribution in [0.25, 0.3) is 28.0 Å². The number of carbonyl (C=O) groups excluding carboxylic acids is 1. The number of allylic oxidation sites excluding steroid dienone is 1. The van der Waals surface area contributed by atoms with Gasteiger partial charge in [-0.2, -0.15) is 4.98 Å². The molecule has 0 fully saturated rings. The Bertz CT molecular complexity index is 1410. The van der Waals surface area contributed by atoms with Gasteiger partial charge in [-0.25, -0.2) is 12.8 Å². The SMILES string of the molecule is C=C[C@@H](CN(c1nc2oc(-c3ccc(F)cc3)c(C(=O)NC)c2cc1C(=C)C)S(C)(=O)=O)OCCCC. The molecule has 10 heteroatoms. The van der Waals surface area contributed by atoms with Gasteiger partial charge in [0.15, 0.2) is 5.82 Å². The van der Waals surface area contributed by atoms with Crippen molar-refractivity contribution < 1.29 is 26.8 Å². The van der Waals surface area contributed by atoms with E-state index in [0.717, 1.165) is 23.4 Å². The highest BCUT2D eigenvalue weighted by Gasteiger charge is 2.29. The van der Waals surface area contributed by atoms with Crippen molar-refractivity contribution in [1.29, 1.82) is 0 Å². The zero-order valence-electron chi connectivity index (χ0n) is 21.5. The summed E-state index contributed by atoms with van der Waals surface area (Å²) < 4.78 is 52.4. The quantitative estimate of drug-likeness (QED) is 0.257. The molecule has 0 bridgehead atoms. The number of pyridine rings is 1. The summed E-state index contributed by atoms with van der Waals surface area (Å²) in [5.74, 6) is -0.592. The van der Waals surface area contributed by atoms with Crippen LogP contribution in [0.5, 0.6) is 0 Å². The van der Waals surface area contributed by atoms with E-state index in [9.17, 15) is 17.6 Å². The Morgan fingerprint density at radius 3 is 2.54 bits per heavy atom. The number of ether oxygens (including phenoxy) is 1. The molecule has 8 nitrogen and oxygen atoms in total. The van der Waals surface area contributed by atoms with Gasteiger partial charge < -0.3 is 14.5 Å². The van der Waals surface area contributed by atoms with Gasteiger partial charge in [0.25, 0.3) is 5.91 Å². The highest BCUT2D eigenvalue weighted by Crippen LogP contribution is 2.37. The van der Waals surface area contributed by atoms with Crippen LogP contribution in [0, 0.1) is 5.82 Å². The topological polar surface area (TPSA) is 102 Å². The van der Waals surface area contributed by atoms with E-state index in [-0.39, 0.29) is 29.4 Å². The third-order valence-corrected chi connectivity index (χ3v) is 6.88. The molecule has 3 rings (SSSR count). The molecule has 1 aromatic carbocycles. The summed E-state index contributed by atoms with van der Waals surface area (Å²) in [4.78, 5) is 17.5. The van der Waals surface area contributed by atoms with Gasteiger partial charge in [-0.1, -0.05) is 26.0 Å². The largest absolute Gasteiger partial charge is 0.437 e. The molecule has 0 spiro atoms. The van der Waals surface area contributed by atoms with Crippen LogP contribution < -0.4 is 9.62 Å². The van der Waals surface area contributed by atoms with Crippen molar-refractivity contribution in [3.63, 3.8) is 0 Å². The van der Waals surface area contributed by atoms with Crippen molar-refractivity contribution in [3.05, 3.63) is 66.5 Å². The van der Waals surface area contributed by atoms with Gasteiger partial charge in [0, 0.05) is 24.8 Å². The fourth-order valence-electron chi connectivity index (χ4n) is 3.79. The number of fused-ring (bicyclic) bond motifs is 1. The Morgan fingerprint density at radius 1 is 1.32 bits per heavy atom. The molecule has 1 atom stereocenters. The zero-order valence-corrected chi connectivity index (χ0v) is 22.3. The maximum Gasteiger partial charge on any atom is 0.255 e. The number of halogens is 1. The summed E-state index contributed by atoms with van der Waals surface area (Å²) in [7, 11) is -2.34. The van der Waals surface area contributed by atoms with E-state index in [1.54, 1.807) is 19.1 Å². The van der Waals surface area contributed by atoms with Crippen molar-refractivity contribution in [2.75, 3.05) is 30.8 Å². The molecule has 0 aliphatic carbocycles. The van der Waals surface area contributed by atoms with Crippen LogP contribution in [0.4, 0.5) is 10.2 Å². The van der Waals surface area contributed by atoms with Crippen molar-refractivity contribution in [1.82, 2.24) is 10.3 Å². The summed E-state index contributed by atoms with van der Waals surface area (Å²) in [6.07, 6.45) is 3.81. The second kappa shape index (κ2) is 11.7. The third kappa shape index (κ3) is 6.26. The van der Waals surface area contributed by atoms with Crippen molar-refractivity contribution in [2.24, 2.45) is 0 Å². The Balaban J connectivity index is 2.25. The number of rotatable bonds is 12. The molecular weight excluding hydrogens is 497 g/mol. The number of amides is 1. The fourth-order valence-corrected chi connectivity index (χ4v) is 4.66. The lowest BCUT2D eigenvalue weighted by Crippen LogP contribution is -2.38. The number of hydrogen-bond acceptors (Lipinski definition) is 6. The minimum absolute atomic E-state index is 0.0497. The molecule has 0 radical (unpaired) electrons. The normalized spacial score (nSPS) is 12.4. The van der Waals surface area contributed by atoms with Crippen LogP contribution in [0.3, 0.4) is 0 Å². The number of furan rings is 1. The van der Waals surface area contributed by atoms with E-state index in [1.807, 2.05) is 6.92 Å². The van der Waals surface area contributed by atoms with Gasteiger partial charge >= 0.3 is 0 Å². The number of unbranched alkanes of at least 4 members (excludes halogenated alkanes) is 1. The number of anilines is 1. The Kier molecular flexibility index (Phi) is 8.88.